The van der Waals surface area contributed by atoms with Crippen LogP contribution >= 0.6 is 7.14 Å². The van der Waals surface area contributed by atoms with E-state index in [0.29, 0.717) is 5.69 Å². The van der Waals surface area contributed by atoms with Crippen molar-refractivity contribution in [1.82, 2.24) is 0 Å². The highest BCUT2D eigenvalue weighted by Gasteiger charge is 2.70. The molecular weight excluding hydrogens is 381 g/mol. The molecule has 3 heterocycles. The quantitative estimate of drug-likeness (QED) is 0.429. The average molecular weight is 405 g/mol. The summed E-state index contributed by atoms with van der Waals surface area (Å²) in [6.07, 6.45) is 2.02. The Morgan fingerprint density at radius 3 is 2.07 bits per heavy atom. The minimum atomic E-state index is -2.98. The minimum absolute atomic E-state index is 0.200. The van der Waals surface area contributed by atoms with E-state index in [-0.39, 0.29) is 23.1 Å². The third kappa shape index (κ3) is 2.24. The van der Waals surface area contributed by atoms with Crippen LogP contribution in [0.2, 0.25) is 0 Å². The number of fused-ring (bicyclic) bond motifs is 5. The molecule has 2 aromatic carbocycles. The van der Waals surface area contributed by atoms with Crippen molar-refractivity contribution in [2.75, 3.05) is 4.90 Å². The monoisotopic (exact) mass is 405 g/mol. The van der Waals surface area contributed by atoms with E-state index in [1.807, 2.05) is 52.0 Å². The van der Waals surface area contributed by atoms with Crippen LogP contribution in [0.15, 0.2) is 54.1 Å². The van der Waals surface area contributed by atoms with Crippen molar-refractivity contribution in [2.45, 2.75) is 39.0 Å². The highest BCUT2D eigenvalue weighted by atomic mass is 31.2. The molecule has 2 bridgehead atoms. The van der Waals surface area contributed by atoms with Crippen molar-refractivity contribution in [1.29, 1.82) is 0 Å². The molecule has 148 valence electrons. The lowest BCUT2D eigenvalue weighted by atomic mass is 9.82. The molecule has 0 radical (unpaired) electrons. The predicted molar refractivity (Wildman–Crippen MR) is 115 cm³/mol. The molecule has 3 aliphatic heterocycles. The molecule has 0 spiro atoms. The minimum Gasteiger partial charge on any atom is -0.317 e. The second-order valence-corrected chi connectivity index (χ2v) is 11.7. The van der Waals surface area contributed by atoms with Crippen LogP contribution in [0.5, 0.6) is 0 Å². The Bertz CT molecular complexity index is 1130. The molecule has 2 saturated heterocycles. The van der Waals surface area contributed by atoms with Crippen molar-refractivity contribution in [2.24, 2.45) is 11.8 Å². The Hall–Kier alpha value is -2.45. The van der Waals surface area contributed by atoms with Gasteiger partial charge in [-0.2, -0.15) is 0 Å². The van der Waals surface area contributed by atoms with Gasteiger partial charge in [0.2, 0.25) is 11.8 Å². The van der Waals surface area contributed by atoms with Gasteiger partial charge in [-0.15, -0.1) is 0 Å². The number of hydrogen-bond acceptors (Lipinski definition) is 3. The number of para-hydroxylation sites is 1. The number of benzene rings is 2. The second kappa shape index (κ2) is 6.03. The molecular formula is C24H24NO3P. The molecule has 5 heteroatoms. The van der Waals surface area contributed by atoms with Crippen molar-refractivity contribution in [3.8, 4) is 0 Å². The molecule has 2 fully saturated rings. The summed E-state index contributed by atoms with van der Waals surface area (Å²) >= 11 is 0. The van der Waals surface area contributed by atoms with E-state index < -0.39 is 19.0 Å². The maximum atomic E-state index is 14.7. The Balaban J connectivity index is 1.66. The average Bonchev–Trinajstić information content (AvgIpc) is 3.16. The summed E-state index contributed by atoms with van der Waals surface area (Å²) < 4.78 is 14.7. The molecule has 5 atom stereocenters. The van der Waals surface area contributed by atoms with Crippen LogP contribution in [-0.4, -0.2) is 23.1 Å². The first-order valence-electron chi connectivity index (χ1n) is 10.1. The number of allylic oxidation sites excluding steroid dienone is 2. The maximum Gasteiger partial charge on any atom is 0.238 e. The topological polar surface area (TPSA) is 54.5 Å². The lowest BCUT2D eigenvalue weighted by Gasteiger charge is -2.27. The molecule has 3 aliphatic rings. The van der Waals surface area contributed by atoms with Gasteiger partial charge < -0.3 is 4.57 Å². The first kappa shape index (κ1) is 18.6. The van der Waals surface area contributed by atoms with Gasteiger partial charge in [0, 0.05) is 11.0 Å². The number of rotatable bonds is 2. The normalized spacial score (nSPS) is 32.7. The Kier molecular flexibility index (Phi) is 3.86. The van der Waals surface area contributed by atoms with Crippen LogP contribution in [-0.2, 0) is 14.2 Å². The van der Waals surface area contributed by atoms with Gasteiger partial charge in [-0.1, -0.05) is 47.5 Å². The molecule has 0 saturated carbocycles. The number of nitrogens with zero attached hydrogens (tertiary/aromatic N) is 1. The van der Waals surface area contributed by atoms with Crippen LogP contribution < -0.4 is 10.2 Å². The molecule has 4 nitrogen and oxygen atoms in total. The van der Waals surface area contributed by atoms with Gasteiger partial charge in [0.15, 0.2) is 0 Å². The number of anilines is 1. The van der Waals surface area contributed by atoms with E-state index in [0.717, 1.165) is 27.6 Å². The van der Waals surface area contributed by atoms with Crippen LogP contribution in [0, 0.1) is 32.6 Å². The molecule has 5 rings (SSSR count). The summed E-state index contributed by atoms with van der Waals surface area (Å²) in [7, 11) is -2.98. The zero-order valence-electron chi connectivity index (χ0n) is 17.0. The van der Waals surface area contributed by atoms with Gasteiger partial charge in [-0.05, 0) is 51.0 Å². The molecule has 29 heavy (non-hydrogen) atoms. The number of carbonyl (C=O) groups is 2. The molecule has 0 aromatic heterocycles. The molecule has 0 N–H and O–H groups in total. The van der Waals surface area contributed by atoms with Gasteiger partial charge in [-0.25, -0.2) is 4.90 Å². The summed E-state index contributed by atoms with van der Waals surface area (Å²) in [4.78, 5) is 28.1. The molecule has 2 aromatic rings. The summed E-state index contributed by atoms with van der Waals surface area (Å²) in [5, 5.41) is 0.882. The third-order valence-corrected chi connectivity index (χ3v) is 11.2. The summed E-state index contributed by atoms with van der Waals surface area (Å²) in [5.41, 5.74) is 3.98. The van der Waals surface area contributed by atoms with Crippen LogP contribution in [0.1, 0.15) is 23.6 Å². The van der Waals surface area contributed by atoms with Crippen molar-refractivity contribution >= 4 is 29.9 Å². The number of carbonyl (C=O) groups excluding carboxylic acids is 2. The fraction of sp³-hybridized carbons (Fsp3) is 0.333. The molecule has 0 aliphatic carbocycles. The first-order valence-corrected chi connectivity index (χ1v) is 11.9. The third-order valence-electron chi connectivity index (χ3n) is 6.86. The van der Waals surface area contributed by atoms with Crippen molar-refractivity contribution < 1.29 is 14.2 Å². The van der Waals surface area contributed by atoms with E-state index in [9.17, 15) is 14.2 Å². The van der Waals surface area contributed by atoms with Crippen LogP contribution in [0.25, 0.3) is 0 Å². The molecule has 2 amide bonds. The molecule has 1 unspecified atom stereocenters. The van der Waals surface area contributed by atoms with E-state index in [4.69, 9.17) is 0 Å². The lowest BCUT2D eigenvalue weighted by molar-refractivity contribution is -0.122. The fourth-order valence-corrected chi connectivity index (χ4v) is 11.0. The van der Waals surface area contributed by atoms with Gasteiger partial charge >= 0.3 is 0 Å². The van der Waals surface area contributed by atoms with Crippen LogP contribution in [0.4, 0.5) is 5.69 Å². The predicted octanol–water partition coefficient (Wildman–Crippen LogP) is 4.12. The van der Waals surface area contributed by atoms with E-state index in [2.05, 4.69) is 12.1 Å². The van der Waals surface area contributed by atoms with Crippen LogP contribution in [0.3, 0.4) is 0 Å². The van der Waals surface area contributed by atoms with Gasteiger partial charge in [0.1, 0.15) is 7.14 Å². The number of imide groups is 1. The van der Waals surface area contributed by atoms with Gasteiger partial charge in [-0.3, -0.25) is 9.59 Å². The number of amides is 2. The van der Waals surface area contributed by atoms with E-state index >= 15 is 0 Å². The Labute approximate surface area is 171 Å². The largest absolute Gasteiger partial charge is 0.317 e. The van der Waals surface area contributed by atoms with Crippen molar-refractivity contribution in [3.05, 3.63) is 70.8 Å². The lowest BCUT2D eigenvalue weighted by Crippen LogP contribution is -2.35. The van der Waals surface area contributed by atoms with E-state index in [1.165, 1.54) is 4.90 Å². The zero-order chi connectivity index (χ0) is 20.7. The highest BCUT2D eigenvalue weighted by molar-refractivity contribution is 7.74. The summed E-state index contributed by atoms with van der Waals surface area (Å²) in [6, 6.07) is 13.2. The fourth-order valence-electron chi connectivity index (χ4n) is 6.08. The SMILES string of the molecule is CC1=C[C@H]2[C@H]3C(=O)N(c4ccccc4)C(=O)[C@H]3[C@@H]1P2(=O)c1c(C)cc(C)cc1C. The highest BCUT2D eigenvalue weighted by Crippen LogP contribution is 2.74. The Morgan fingerprint density at radius 1 is 0.862 bits per heavy atom. The summed E-state index contributed by atoms with van der Waals surface area (Å²) in [5.74, 6) is -1.45. The smallest absolute Gasteiger partial charge is 0.238 e. The van der Waals surface area contributed by atoms with E-state index in [1.54, 1.807) is 12.1 Å². The number of aryl methyl sites for hydroxylation is 3. The van der Waals surface area contributed by atoms with Crippen molar-refractivity contribution in [3.63, 3.8) is 0 Å². The standard InChI is InChI=1S/C24H24NO3P/c1-13-10-14(2)21(15(3)11-13)29(28)18-12-16(4)22(29)20-19(18)23(26)25(24(20)27)17-8-6-5-7-9-17/h5-12,18-20,22H,1-4H3/t18-,19+,20+,22+,29?/m0/s1. The van der Waals surface area contributed by atoms with Gasteiger partial charge in [0.05, 0.1) is 23.2 Å². The number of hydrogen-bond donors (Lipinski definition) is 0. The van der Waals surface area contributed by atoms with Gasteiger partial charge in [0.25, 0.3) is 0 Å². The first-order chi connectivity index (χ1) is 13.8. The zero-order valence-corrected chi connectivity index (χ0v) is 17.9. The Morgan fingerprint density at radius 2 is 1.45 bits per heavy atom. The second-order valence-electron chi connectivity index (χ2n) is 8.70. The maximum absolute atomic E-state index is 14.7. The summed E-state index contributed by atoms with van der Waals surface area (Å²) in [6.45, 7) is 8.00.